The maximum absolute atomic E-state index is 13.4. The largest absolute Gasteiger partial charge is 0.338 e. The molecule has 1 aromatic heterocycles. The summed E-state index contributed by atoms with van der Waals surface area (Å²) in [6.45, 7) is 0.818. The monoisotopic (exact) mass is 445 g/mol. The van der Waals surface area contributed by atoms with Crippen molar-refractivity contribution >= 4 is 43.6 Å². The zero-order valence-corrected chi connectivity index (χ0v) is 17.6. The highest BCUT2D eigenvalue weighted by Crippen LogP contribution is 2.22. The van der Waals surface area contributed by atoms with Gasteiger partial charge in [-0.15, -0.1) is 11.3 Å². The first kappa shape index (κ1) is 20.6. The van der Waals surface area contributed by atoms with Crippen molar-refractivity contribution in [2.75, 3.05) is 13.1 Å². The van der Waals surface area contributed by atoms with Crippen LogP contribution in [0, 0.1) is 5.82 Å². The number of carbonyl (C=O) groups excluding carboxylic acids is 1. The number of aromatic nitrogens is 1. The molecule has 1 aliphatic rings. The van der Waals surface area contributed by atoms with Crippen molar-refractivity contribution in [3.05, 3.63) is 65.4 Å². The summed E-state index contributed by atoms with van der Waals surface area (Å²) >= 11 is 1.50. The lowest BCUT2D eigenvalue weighted by molar-refractivity contribution is -0.127. The van der Waals surface area contributed by atoms with Crippen LogP contribution in [0.2, 0.25) is 0 Å². The van der Waals surface area contributed by atoms with Crippen molar-refractivity contribution in [2.24, 2.45) is 0 Å². The normalized spacial score (nSPS) is 17.6. The van der Waals surface area contributed by atoms with Crippen molar-refractivity contribution in [1.82, 2.24) is 14.6 Å². The molecule has 1 aliphatic heterocycles. The van der Waals surface area contributed by atoms with E-state index in [1.807, 2.05) is 24.3 Å². The first-order valence-corrected chi connectivity index (χ1v) is 11.8. The number of sulfonamides is 1. The van der Waals surface area contributed by atoms with Crippen LogP contribution in [0.3, 0.4) is 0 Å². The summed E-state index contributed by atoms with van der Waals surface area (Å²) in [5.41, 5.74) is 0.888. The highest BCUT2D eigenvalue weighted by atomic mass is 32.2. The van der Waals surface area contributed by atoms with Crippen molar-refractivity contribution in [2.45, 2.75) is 23.8 Å². The minimum atomic E-state index is -3.86. The Morgan fingerprint density at radius 2 is 2.07 bits per heavy atom. The quantitative estimate of drug-likeness (QED) is 0.611. The molecule has 1 amide bonds. The number of benzene rings is 2. The van der Waals surface area contributed by atoms with Crippen LogP contribution >= 0.6 is 11.3 Å². The van der Waals surface area contributed by atoms with Gasteiger partial charge in [0.05, 0.1) is 15.1 Å². The molecule has 1 saturated heterocycles. The minimum absolute atomic E-state index is 0.123. The lowest BCUT2D eigenvalue weighted by Crippen LogP contribution is -2.49. The van der Waals surface area contributed by atoms with Crippen molar-refractivity contribution in [3.63, 3.8) is 0 Å². The Hall–Kier alpha value is -2.62. The molecule has 30 heavy (non-hydrogen) atoms. The van der Waals surface area contributed by atoms with E-state index in [2.05, 4.69) is 9.71 Å². The van der Waals surface area contributed by atoms with E-state index in [9.17, 15) is 17.6 Å². The number of halogens is 1. The average molecular weight is 446 g/mol. The fraction of sp³-hybridized carbons (Fsp3) is 0.238. The number of nitrogens with one attached hydrogen (secondary N) is 1. The maximum Gasteiger partial charge on any atom is 0.246 e. The van der Waals surface area contributed by atoms with E-state index in [4.69, 9.17) is 0 Å². The molecule has 2 heterocycles. The molecule has 2 aromatic carbocycles. The Balaban J connectivity index is 1.41. The van der Waals surface area contributed by atoms with Crippen LogP contribution in [0.4, 0.5) is 4.39 Å². The Morgan fingerprint density at radius 3 is 2.87 bits per heavy atom. The number of para-hydroxylation sites is 1. The molecule has 1 atom stereocenters. The van der Waals surface area contributed by atoms with Crippen molar-refractivity contribution in [1.29, 1.82) is 0 Å². The molecule has 0 aliphatic carbocycles. The number of hydrogen-bond donors (Lipinski definition) is 1. The molecule has 0 spiro atoms. The summed E-state index contributed by atoms with van der Waals surface area (Å²) < 4.78 is 42.1. The average Bonchev–Trinajstić information content (AvgIpc) is 3.15. The van der Waals surface area contributed by atoms with Gasteiger partial charge in [-0.25, -0.2) is 22.5 Å². The summed E-state index contributed by atoms with van der Waals surface area (Å²) in [6.07, 6.45) is 4.45. The van der Waals surface area contributed by atoms with Crippen LogP contribution in [0.15, 0.2) is 59.5 Å². The van der Waals surface area contributed by atoms with Crippen LogP contribution < -0.4 is 4.72 Å². The van der Waals surface area contributed by atoms with Gasteiger partial charge >= 0.3 is 0 Å². The number of hydrogen-bond acceptors (Lipinski definition) is 5. The van der Waals surface area contributed by atoms with E-state index in [-0.39, 0.29) is 17.3 Å². The molecule has 0 saturated carbocycles. The molecule has 6 nitrogen and oxygen atoms in total. The molecule has 1 N–H and O–H groups in total. The van der Waals surface area contributed by atoms with Crippen molar-refractivity contribution < 1.29 is 17.6 Å². The Labute approximate surface area is 178 Å². The first-order valence-electron chi connectivity index (χ1n) is 9.51. The van der Waals surface area contributed by atoms with Crippen molar-refractivity contribution in [3.8, 4) is 0 Å². The van der Waals surface area contributed by atoms with E-state index < -0.39 is 21.9 Å². The molecule has 3 aromatic rings. The third-order valence-corrected chi connectivity index (χ3v) is 7.36. The highest BCUT2D eigenvalue weighted by Gasteiger charge is 2.27. The molecular formula is C21H20FN3O3S2. The van der Waals surface area contributed by atoms with Crippen LogP contribution in [0.1, 0.15) is 17.8 Å². The number of piperidine rings is 1. The van der Waals surface area contributed by atoms with E-state index in [0.29, 0.717) is 19.4 Å². The third kappa shape index (κ3) is 4.75. The number of rotatable bonds is 5. The fourth-order valence-corrected chi connectivity index (χ4v) is 5.57. The second-order valence-corrected chi connectivity index (χ2v) is 9.83. The number of likely N-dealkylation sites (tertiary alicyclic amines) is 1. The first-order chi connectivity index (χ1) is 14.4. The van der Waals surface area contributed by atoms with Gasteiger partial charge in [0.2, 0.25) is 15.9 Å². The highest BCUT2D eigenvalue weighted by molar-refractivity contribution is 7.89. The van der Waals surface area contributed by atoms with E-state index >= 15 is 0 Å². The molecule has 0 radical (unpaired) electrons. The molecule has 4 rings (SSSR count). The van der Waals surface area contributed by atoms with Gasteiger partial charge in [-0.05, 0) is 49.2 Å². The smallest absolute Gasteiger partial charge is 0.246 e. The summed E-state index contributed by atoms with van der Waals surface area (Å²) in [7, 11) is -3.86. The lowest BCUT2D eigenvalue weighted by Gasteiger charge is -2.32. The third-order valence-electron chi connectivity index (χ3n) is 4.84. The lowest BCUT2D eigenvalue weighted by atomic mass is 10.1. The topological polar surface area (TPSA) is 79.4 Å². The van der Waals surface area contributed by atoms with E-state index in [1.54, 1.807) is 11.0 Å². The number of fused-ring (bicyclic) bond motifs is 1. The van der Waals surface area contributed by atoms with Gasteiger partial charge in [0.25, 0.3) is 0 Å². The summed E-state index contributed by atoms with van der Waals surface area (Å²) in [6, 6.07) is 12.2. The van der Waals surface area contributed by atoms with Gasteiger partial charge < -0.3 is 4.90 Å². The molecule has 1 unspecified atom stereocenters. The van der Waals surface area contributed by atoms with Gasteiger partial charge in [-0.2, -0.15) is 0 Å². The van der Waals surface area contributed by atoms with Gasteiger partial charge in [-0.3, -0.25) is 4.79 Å². The summed E-state index contributed by atoms with van der Waals surface area (Å²) in [4.78, 5) is 18.6. The standard InChI is InChI=1S/C21H20FN3O3S2/c22-15-5-3-7-17(13-15)30(27,28)24-16-6-4-12-25(14-16)21(26)11-10-20-23-18-8-1-2-9-19(18)29-20/h1-3,5,7-11,13,16,24H,4,6,12,14H2. The second kappa shape index (κ2) is 8.63. The predicted molar refractivity (Wildman–Crippen MR) is 115 cm³/mol. The van der Waals surface area contributed by atoms with Crippen LogP contribution in [-0.2, 0) is 14.8 Å². The Bertz CT molecular complexity index is 1170. The number of carbonyl (C=O) groups is 1. The zero-order valence-electron chi connectivity index (χ0n) is 16.0. The number of thiazole rings is 1. The predicted octanol–water partition coefficient (Wildman–Crippen LogP) is 3.42. The van der Waals surface area contributed by atoms with E-state index in [0.717, 1.165) is 21.3 Å². The molecule has 1 fully saturated rings. The van der Waals surface area contributed by atoms with Crippen LogP contribution in [0.5, 0.6) is 0 Å². The van der Waals surface area contributed by atoms with Crippen LogP contribution in [-0.4, -0.2) is 43.3 Å². The van der Waals surface area contributed by atoms with Gasteiger partial charge in [0, 0.05) is 25.2 Å². The van der Waals surface area contributed by atoms with Gasteiger partial charge in [0.15, 0.2) is 0 Å². The number of amides is 1. The Kier molecular flexibility index (Phi) is 5.94. The minimum Gasteiger partial charge on any atom is -0.338 e. The molecule has 0 bridgehead atoms. The molecular weight excluding hydrogens is 425 g/mol. The molecule has 156 valence electrons. The fourth-order valence-electron chi connectivity index (χ4n) is 3.40. The second-order valence-electron chi connectivity index (χ2n) is 7.06. The maximum atomic E-state index is 13.4. The zero-order chi connectivity index (χ0) is 21.1. The van der Waals surface area contributed by atoms with E-state index in [1.165, 1.54) is 35.6 Å². The SMILES string of the molecule is O=C(C=Cc1nc2ccccc2s1)N1CCCC(NS(=O)(=O)c2cccc(F)c2)C1. The van der Waals surface area contributed by atoms with Crippen LogP contribution in [0.25, 0.3) is 16.3 Å². The summed E-state index contributed by atoms with van der Waals surface area (Å²) in [5.74, 6) is -0.804. The van der Waals surface area contributed by atoms with Gasteiger partial charge in [-0.1, -0.05) is 18.2 Å². The number of nitrogens with zero attached hydrogens (tertiary/aromatic N) is 2. The Morgan fingerprint density at radius 1 is 1.23 bits per heavy atom. The van der Waals surface area contributed by atoms with Gasteiger partial charge in [0.1, 0.15) is 10.8 Å². The molecule has 9 heteroatoms. The summed E-state index contributed by atoms with van der Waals surface area (Å²) in [5, 5.41) is 0.741.